The maximum absolute atomic E-state index is 5.88. The van der Waals surface area contributed by atoms with E-state index in [9.17, 15) is 0 Å². The van der Waals surface area contributed by atoms with Gasteiger partial charge in [-0.2, -0.15) is 0 Å². The molecule has 2 atom stereocenters. The van der Waals surface area contributed by atoms with Gasteiger partial charge in [-0.1, -0.05) is 31.9 Å². The van der Waals surface area contributed by atoms with Crippen molar-refractivity contribution in [1.82, 2.24) is 5.43 Å². The highest BCUT2D eigenvalue weighted by molar-refractivity contribution is 5.78. The van der Waals surface area contributed by atoms with Crippen LogP contribution in [0.5, 0.6) is 0 Å². The van der Waals surface area contributed by atoms with E-state index >= 15 is 0 Å². The standard InChI is InChI=1S/C15H22N2O/c1-4-10(2)8-13(17-16)15-9-12-7-11(3)5-6-14(12)18-15/h5-7,9-10,13,17H,4,8,16H2,1-3H3. The number of nitrogens with one attached hydrogen (secondary N) is 1. The Balaban J connectivity index is 2.28. The minimum absolute atomic E-state index is 0.0904. The van der Waals surface area contributed by atoms with Crippen LogP contribution in [0.25, 0.3) is 11.0 Å². The van der Waals surface area contributed by atoms with Crippen LogP contribution >= 0.6 is 0 Å². The molecule has 2 unspecified atom stereocenters. The Morgan fingerprint density at radius 1 is 1.33 bits per heavy atom. The van der Waals surface area contributed by atoms with Gasteiger partial charge in [-0.15, -0.1) is 0 Å². The van der Waals surface area contributed by atoms with Gasteiger partial charge in [0.1, 0.15) is 11.3 Å². The number of rotatable bonds is 5. The number of furan rings is 1. The monoisotopic (exact) mass is 246 g/mol. The Bertz CT molecular complexity index is 518. The number of hydrogen-bond acceptors (Lipinski definition) is 3. The molecule has 98 valence electrons. The van der Waals surface area contributed by atoms with Gasteiger partial charge in [0.25, 0.3) is 0 Å². The molecular weight excluding hydrogens is 224 g/mol. The third-order valence-electron chi connectivity index (χ3n) is 3.57. The molecule has 18 heavy (non-hydrogen) atoms. The maximum atomic E-state index is 5.88. The van der Waals surface area contributed by atoms with Crippen LogP contribution in [0.15, 0.2) is 28.7 Å². The molecule has 0 fully saturated rings. The summed E-state index contributed by atoms with van der Waals surface area (Å²) in [5, 5.41) is 1.15. The van der Waals surface area contributed by atoms with Gasteiger partial charge < -0.3 is 4.42 Å². The molecule has 0 aliphatic carbocycles. The average molecular weight is 246 g/mol. The Morgan fingerprint density at radius 3 is 2.78 bits per heavy atom. The van der Waals surface area contributed by atoms with Crippen LogP contribution in [0.3, 0.4) is 0 Å². The SMILES string of the molecule is CCC(C)CC(NN)c1cc2cc(C)ccc2o1. The Labute approximate surface area is 108 Å². The second-order valence-corrected chi connectivity index (χ2v) is 5.16. The molecule has 0 bridgehead atoms. The van der Waals surface area contributed by atoms with Crippen molar-refractivity contribution in [1.29, 1.82) is 0 Å². The second kappa shape index (κ2) is 5.55. The Hall–Kier alpha value is -1.32. The summed E-state index contributed by atoms with van der Waals surface area (Å²) in [5.41, 5.74) is 5.04. The summed E-state index contributed by atoms with van der Waals surface area (Å²) in [6.45, 7) is 6.52. The molecule has 2 rings (SSSR count). The van der Waals surface area contributed by atoms with E-state index in [1.54, 1.807) is 0 Å². The van der Waals surface area contributed by atoms with Gasteiger partial charge in [-0.3, -0.25) is 5.84 Å². The number of hydrazine groups is 1. The fourth-order valence-corrected chi connectivity index (χ4v) is 2.19. The van der Waals surface area contributed by atoms with E-state index in [2.05, 4.69) is 44.4 Å². The quantitative estimate of drug-likeness (QED) is 0.625. The Kier molecular flexibility index (Phi) is 4.04. The molecule has 0 amide bonds. The highest BCUT2D eigenvalue weighted by Crippen LogP contribution is 2.28. The summed E-state index contributed by atoms with van der Waals surface area (Å²) in [5.74, 6) is 7.20. The fourth-order valence-electron chi connectivity index (χ4n) is 2.19. The van der Waals surface area contributed by atoms with Gasteiger partial charge in [-0.05, 0) is 37.5 Å². The molecule has 1 aromatic heterocycles. The molecule has 0 spiro atoms. The first kappa shape index (κ1) is 13.1. The van der Waals surface area contributed by atoms with Crippen LogP contribution in [0.1, 0.15) is 44.1 Å². The molecule has 0 saturated carbocycles. The zero-order valence-corrected chi connectivity index (χ0v) is 11.4. The van der Waals surface area contributed by atoms with Crippen LogP contribution in [0.4, 0.5) is 0 Å². The second-order valence-electron chi connectivity index (χ2n) is 5.16. The third-order valence-corrected chi connectivity index (χ3v) is 3.57. The molecular formula is C15H22N2O. The van der Waals surface area contributed by atoms with Crippen LogP contribution in [0, 0.1) is 12.8 Å². The first-order chi connectivity index (χ1) is 8.63. The van der Waals surface area contributed by atoms with Gasteiger partial charge in [0, 0.05) is 5.39 Å². The molecule has 1 aromatic carbocycles. The van der Waals surface area contributed by atoms with Gasteiger partial charge >= 0.3 is 0 Å². The van der Waals surface area contributed by atoms with Crippen LogP contribution in [0.2, 0.25) is 0 Å². The third kappa shape index (κ3) is 2.74. The summed E-state index contributed by atoms with van der Waals surface area (Å²) >= 11 is 0. The van der Waals surface area contributed by atoms with Crippen LogP contribution in [-0.2, 0) is 0 Å². The van der Waals surface area contributed by atoms with E-state index in [-0.39, 0.29) is 6.04 Å². The van der Waals surface area contributed by atoms with E-state index in [0.29, 0.717) is 5.92 Å². The molecule has 0 aliphatic rings. The van der Waals surface area contributed by atoms with Crippen molar-refractivity contribution >= 4 is 11.0 Å². The minimum atomic E-state index is 0.0904. The van der Waals surface area contributed by atoms with Crippen molar-refractivity contribution in [2.75, 3.05) is 0 Å². The summed E-state index contributed by atoms with van der Waals surface area (Å²) < 4.78 is 5.88. The topological polar surface area (TPSA) is 51.2 Å². The number of aryl methyl sites for hydroxylation is 1. The molecule has 0 aliphatic heterocycles. The molecule has 3 nitrogen and oxygen atoms in total. The molecule has 1 heterocycles. The van der Waals surface area contributed by atoms with Crippen molar-refractivity contribution in [3.63, 3.8) is 0 Å². The van der Waals surface area contributed by atoms with Crippen molar-refractivity contribution < 1.29 is 4.42 Å². The van der Waals surface area contributed by atoms with Gasteiger partial charge in [0.2, 0.25) is 0 Å². The van der Waals surface area contributed by atoms with Gasteiger partial charge in [-0.25, -0.2) is 5.43 Å². The largest absolute Gasteiger partial charge is 0.459 e. The van der Waals surface area contributed by atoms with Gasteiger partial charge in [0.05, 0.1) is 6.04 Å². The normalized spacial score (nSPS) is 14.9. The molecule has 0 radical (unpaired) electrons. The maximum Gasteiger partial charge on any atom is 0.134 e. The van der Waals surface area contributed by atoms with E-state index in [1.807, 2.05) is 6.07 Å². The predicted molar refractivity (Wildman–Crippen MR) is 75.1 cm³/mol. The van der Waals surface area contributed by atoms with Crippen molar-refractivity contribution in [3.05, 3.63) is 35.6 Å². The van der Waals surface area contributed by atoms with E-state index < -0.39 is 0 Å². The zero-order valence-electron chi connectivity index (χ0n) is 11.4. The highest BCUT2D eigenvalue weighted by atomic mass is 16.3. The van der Waals surface area contributed by atoms with Gasteiger partial charge in [0.15, 0.2) is 0 Å². The highest BCUT2D eigenvalue weighted by Gasteiger charge is 2.17. The lowest BCUT2D eigenvalue weighted by Gasteiger charge is -2.17. The molecule has 0 saturated heterocycles. The number of fused-ring (bicyclic) bond motifs is 1. The molecule has 3 N–H and O–H groups in total. The number of benzene rings is 1. The minimum Gasteiger partial charge on any atom is -0.459 e. The van der Waals surface area contributed by atoms with Crippen LogP contribution in [-0.4, -0.2) is 0 Å². The average Bonchev–Trinajstić information content (AvgIpc) is 2.78. The zero-order chi connectivity index (χ0) is 13.1. The fraction of sp³-hybridized carbons (Fsp3) is 0.467. The summed E-state index contributed by atoms with van der Waals surface area (Å²) in [6, 6.07) is 8.40. The lowest BCUT2D eigenvalue weighted by molar-refractivity contribution is 0.359. The summed E-state index contributed by atoms with van der Waals surface area (Å²) in [4.78, 5) is 0. The van der Waals surface area contributed by atoms with Crippen LogP contribution < -0.4 is 11.3 Å². The van der Waals surface area contributed by atoms with E-state index in [1.165, 1.54) is 5.56 Å². The first-order valence-corrected chi connectivity index (χ1v) is 6.60. The van der Waals surface area contributed by atoms with Crippen molar-refractivity contribution in [2.24, 2.45) is 11.8 Å². The smallest absolute Gasteiger partial charge is 0.134 e. The number of hydrogen-bond donors (Lipinski definition) is 2. The Morgan fingerprint density at radius 2 is 2.11 bits per heavy atom. The summed E-state index contributed by atoms with van der Waals surface area (Å²) in [6.07, 6.45) is 2.14. The molecule has 3 heteroatoms. The first-order valence-electron chi connectivity index (χ1n) is 6.60. The van der Waals surface area contributed by atoms with Crippen molar-refractivity contribution in [2.45, 2.75) is 39.7 Å². The lowest BCUT2D eigenvalue weighted by atomic mass is 9.98. The van der Waals surface area contributed by atoms with E-state index in [0.717, 1.165) is 29.6 Å². The lowest BCUT2D eigenvalue weighted by Crippen LogP contribution is -2.29. The van der Waals surface area contributed by atoms with Crippen molar-refractivity contribution in [3.8, 4) is 0 Å². The predicted octanol–water partition coefficient (Wildman–Crippen LogP) is 3.68. The van der Waals surface area contributed by atoms with E-state index in [4.69, 9.17) is 10.3 Å². The number of nitrogens with two attached hydrogens (primary N) is 1. The molecule has 2 aromatic rings. The summed E-state index contributed by atoms with van der Waals surface area (Å²) in [7, 11) is 0.